The summed E-state index contributed by atoms with van der Waals surface area (Å²) in [5.41, 5.74) is 1.37. The van der Waals surface area contributed by atoms with Crippen molar-refractivity contribution in [2.75, 3.05) is 45.9 Å². The van der Waals surface area contributed by atoms with Crippen LogP contribution in [0.25, 0.3) is 11.5 Å². The average Bonchev–Trinajstić information content (AvgIpc) is 3.64. The van der Waals surface area contributed by atoms with Crippen molar-refractivity contribution < 1.29 is 23.8 Å². The maximum Gasteiger partial charge on any atom is 0.350 e. The molecule has 2 N–H and O–H groups in total. The Bertz CT molecular complexity index is 1360. The summed E-state index contributed by atoms with van der Waals surface area (Å²) in [5, 5.41) is 13.0. The number of methoxy groups -OCH3 is 3. The first-order chi connectivity index (χ1) is 18.3. The Labute approximate surface area is 228 Å². The lowest BCUT2D eigenvalue weighted by Crippen LogP contribution is -2.55. The molecule has 4 rings (SSSR count). The predicted molar refractivity (Wildman–Crippen MR) is 141 cm³/mol. The highest BCUT2D eigenvalue weighted by atomic mass is 35.5. The van der Waals surface area contributed by atoms with Gasteiger partial charge in [-0.15, -0.1) is 0 Å². The van der Waals surface area contributed by atoms with Gasteiger partial charge >= 0.3 is 5.97 Å². The third-order valence-electron chi connectivity index (χ3n) is 6.36. The zero-order valence-corrected chi connectivity index (χ0v) is 23.0. The van der Waals surface area contributed by atoms with E-state index in [2.05, 4.69) is 15.3 Å². The van der Waals surface area contributed by atoms with Gasteiger partial charge in [0.15, 0.2) is 11.0 Å². The van der Waals surface area contributed by atoms with Crippen molar-refractivity contribution in [1.29, 1.82) is 5.26 Å². The van der Waals surface area contributed by atoms with Crippen LogP contribution in [0.5, 0.6) is 0 Å². The third kappa shape index (κ3) is 5.39. The van der Waals surface area contributed by atoms with Crippen LogP contribution in [0.15, 0.2) is 12.4 Å². The van der Waals surface area contributed by atoms with E-state index in [0.717, 1.165) is 0 Å². The van der Waals surface area contributed by atoms with Gasteiger partial charge in [-0.2, -0.15) is 5.26 Å². The molecule has 14 heteroatoms. The largest absolute Gasteiger partial charge is 0.465 e. The van der Waals surface area contributed by atoms with Crippen molar-refractivity contribution in [1.82, 2.24) is 24.8 Å². The van der Waals surface area contributed by atoms with Gasteiger partial charge in [-0.1, -0.05) is 22.9 Å². The highest BCUT2D eigenvalue weighted by Gasteiger charge is 2.34. The van der Waals surface area contributed by atoms with Crippen molar-refractivity contribution in [3.8, 4) is 17.6 Å². The molecular formula is C24H28ClN7O5S. The summed E-state index contributed by atoms with van der Waals surface area (Å²) >= 11 is 7.46. The number of piperidine rings is 1. The second-order valence-electron chi connectivity index (χ2n) is 8.62. The minimum Gasteiger partial charge on any atom is -0.465 e. The minimum atomic E-state index is -0.495. The minimum absolute atomic E-state index is 0.100. The molecular weight excluding hydrogens is 534 g/mol. The maximum absolute atomic E-state index is 12.9. The normalized spacial score (nSPS) is 17.3. The van der Waals surface area contributed by atoms with E-state index in [1.165, 1.54) is 18.4 Å². The number of carbonyl (C=O) groups excluding carboxylic acids is 2. The summed E-state index contributed by atoms with van der Waals surface area (Å²) < 4.78 is 17.8. The van der Waals surface area contributed by atoms with Gasteiger partial charge in [0.25, 0.3) is 5.91 Å². The smallest absolute Gasteiger partial charge is 0.350 e. The molecule has 202 valence electrons. The number of anilines is 1. The Morgan fingerprint density at radius 2 is 2.16 bits per heavy atom. The average molecular weight is 562 g/mol. The van der Waals surface area contributed by atoms with E-state index in [1.54, 1.807) is 33.5 Å². The fraction of sp³-hybridized carbons (Fsp3) is 0.458. The van der Waals surface area contributed by atoms with E-state index in [1.807, 2.05) is 15.5 Å². The zero-order valence-electron chi connectivity index (χ0n) is 21.4. The van der Waals surface area contributed by atoms with Gasteiger partial charge in [-0.25, -0.2) is 14.8 Å². The third-order valence-corrected chi connectivity index (χ3v) is 7.84. The van der Waals surface area contributed by atoms with Crippen molar-refractivity contribution in [2.24, 2.45) is 0 Å². The molecule has 12 nitrogen and oxygen atoms in total. The molecule has 1 amide bonds. The molecule has 4 heterocycles. The molecule has 0 radical (unpaired) electrons. The molecule has 0 aliphatic carbocycles. The molecule has 1 aliphatic heterocycles. The standard InChI is InChI=1S/C24H28ClN7O5S/c1-13-14(11-26)17(25)18(28-13)22(33)29-15-5-7-32(12-16(15)36-3)24-30-19(20(38-24)23(34)37-4)21-27-6-8-31(21)9-10-35-2/h6,8,15-16,28H,5,7,9-10,12H2,1-4H3,(H,29,33)/t15-,16+/m1/s1. The van der Waals surface area contributed by atoms with Crippen molar-refractivity contribution >= 4 is 39.9 Å². The number of rotatable bonds is 9. The van der Waals surface area contributed by atoms with E-state index >= 15 is 0 Å². The van der Waals surface area contributed by atoms with Crippen molar-refractivity contribution in [2.45, 2.75) is 32.0 Å². The summed E-state index contributed by atoms with van der Waals surface area (Å²) in [6.45, 7) is 3.70. The van der Waals surface area contributed by atoms with E-state index in [4.69, 9.17) is 30.8 Å². The zero-order chi connectivity index (χ0) is 27.4. The second kappa shape index (κ2) is 12.0. The number of imidazole rings is 1. The lowest BCUT2D eigenvalue weighted by atomic mass is 10.0. The van der Waals surface area contributed by atoms with E-state index < -0.39 is 11.9 Å². The maximum atomic E-state index is 12.9. The number of thiazole rings is 1. The summed E-state index contributed by atoms with van der Waals surface area (Å²) in [6, 6.07) is 1.70. The fourth-order valence-corrected chi connectivity index (χ4v) is 5.67. The first-order valence-electron chi connectivity index (χ1n) is 11.8. The van der Waals surface area contributed by atoms with Crippen LogP contribution >= 0.6 is 22.9 Å². The molecule has 0 saturated carbocycles. The lowest BCUT2D eigenvalue weighted by molar-refractivity contribution is 0.0540. The van der Waals surface area contributed by atoms with Crippen LogP contribution in [0.3, 0.4) is 0 Å². The van der Waals surface area contributed by atoms with Gasteiger partial charge in [0.05, 0.1) is 36.4 Å². The van der Waals surface area contributed by atoms with Crippen LogP contribution in [0, 0.1) is 18.3 Å². The van der Waals surface area contributed by atoms with E-state index in [0.29, 0.717) is 59.9 Å². The Kier molecular flexibility index (Phi) is 8.68. The summed E-state index contributed by atoms with van der Waals surface area (Å²) in [6.07, 6.45) is 3.65. The Morgan fingerprint density at radius 3 is 2.82 bits per heavy atom. The van der Waals surface area contributed by atoms with Crippen LogP contribution in [-0.2, 0) is 20.8 Å². The Hall–Kier alpha value is -3.44. The first kappa shape index (κ1) is 27.6. The number of carbonyl (C=O) groups is 2. The lowest BCUT2D eigenvalue weighted by Gasteiger charge is -2.37. The predicted octanol–water partition coefficient (Wildman–Crippen LogP) is 2.62. The van der Waals surface area contributed by atoms with Crippen molar-refractivity contribution in [3.63, 3.8) is 0 Å². The molecule has 1 fully saturated rings. The number of nitrogens with one attached hydrogen (secondary N) is 2. The molecule has 3 aromatic rings. The van der Waals surface area contributed by atoms with Gasteiger partial charge in [-0.3, -0.25) is 4.79 Å². The number of aryl methyl sites for hydroxylation is 1. The molecule has 1 aliphatic rings. The second-order valence-corrected chi connectivity index (χ2v) is 9.97. The number of hydrogen-bond acceptors (Lipinski definition) is 10. The molecule has 0 aromatic carbocycles. The number of ether oxygens (including phenoxy) is 3. The highest BCUT2D eigenvalue weighted by Crippen LogP contribution is 2.35. The molecule has 3 aromatic heterocycles. The number of nitriles is 1. The molecule has 0 bridgehead atoms. The van der Waals surface area contributed by atoms with Crippen LogP contribution < -0.4 is 10.2 Å². The van der Waals surface area contributed by atoms with Gasteiger partial charge in [0, 0.05) is 51.9 Å². The van der Waals surface area contributed by atoms with E-state index in [9.17, 15) is 14.9 Å². The van der Waals surface area contributed by atoms with Gasteiger partial charge < -0.3 is 34.0 Å². The van der Waals surface area contributed by atoms with Crippen molar-refractivity contribution in [3.05, 3.63) is 39.2 Å². The van der Waals surface area contributed by atoms with Crippen LogP contribution in [-0.4, -0.2) is 84.6 Å². The Morgan fingerprint density at radius 1 is 1.37 bits per heavy atom. The molecule has 0 spiro atoms. The van der Waals surface area contributed by atoms with Crippen LogP contribution in [0.1, 0.15) is 37.8 Å². The van der Waals surface area contributed by atoms with Gasteiger partial charge in [-0.05, 0) is 13.3 Å². The number of halogens is 1. The number of aromatic amines is 1. The topological polar surface area (TPSA) is 147 Å². The number of hydrogen-bond donors (Lipinski definition) is 2. The summed E-state index contributed by atoms with van der Waals surface area (Å²) in [5.74, 6) is -0.358. The number of H-pyrrole nitrogens is 1. The summed E-state index contributed by atoms with van der Waals surface area (Å²) in [7, 11) is 4.52. The van der Waals surface area contributed by atoms with E-state index in [-0.39, 0.29) is 28.4 Å². The Balaban J connectivity index is 1.54. The van der Waals surface area contributed by atoms with Crippen LogP contribution in [0.4, 0.5) is 5.13 Å². The summed E-state index contributed by atoms with van der Waals surface area (Å²) in [4.78, 5) is 40.0. The monoisotopic (exact) mass is 561 g/mol. The molecule has 2 atom stereocenters. The quantitative estimate of drug-likeness (QED) is 0.376. The number of amides is 1. The SMILES string of the molecule is COCCn1ccnc1-c1nc(N2CC[C@@H](NC(=O)c3[nH]c(C)c(C#N)c3Cl)[C@@H](OC)C2)sc1C(=O)OC. The molecule has 0 unspecified atom stereocenters. The first-order valence-corrected chi connectivity index (χ1v) is 13.0. The van der Waals surface area contributed by atoms with Gasteiger partial charge in [0.2, 0.25) is 0 Å². The number of nitrogens with zero attached hydrogens (tertiary/aromatic N) is 5. The molecule has 1 saturated heterocycles. The van der Waals surface area contributed by atoms with Gasteiger partial charge in [0.1, 0.15) is 22.3 Å². The molecule has 38 heavy (non-hydrogen) atoms. The fourth-order valence-electron chi connectivity index (χ4n) is 4.34. The number of aromatic nitrogens is 4. The highest BCUT2D eigenvalue weighted by molar-refractivity contribution is 7.17. The number of esters is 1. The van der Waals surface area contributed by atoms with Crippen LogP contribution in [0.2, 0.25) is 5.02 Å².